The zero-order valence-corrected chi connectivity index (χ0v) is 11.3. The number of aliphatic hydroxyl groups excluding tert-OH is 1. The van der Waals surface area contributed by atoms with E-state index in [4.69, 9.17) is 5.11 Å². The van der Waals surface area contributed by atoms with Crippen molar-refractivity contribution in [1.82, 2.24) is 5.32 Å². The van der Waals surface area contributed by atoms with Gasteiger partial charge in [-0.2, -0.15) is 0 Å². The van der Waals surface area contributed by atoms with Crippen molar-refractivity contribution in [1.29, 1.82) is 0 Å². The number of aliphatic imine (C=N–C) groups is 1. The van der Waals surface area contributed by atoms with E-state index in [-0.39, 0.29) is 17.8 Å². The summed E-state index contributed by atoms with van der Waals surface area (Å²) in [6.45, 7) is 0.0106. The fraction of sp³-hybridized carbons (Fsp3) is 0.273. The molecule has 1 aromatic carbocycles. The number of amidine groups is 1. The number of hydrogen-bond acceptors (Lipinski definition) is 4. The molecule has 0 saturated carbocycles. The van der Waals surface area contributed by atoms with Gasteiger partial charge < -0.3 is 10.4 Å². The van der Waals surface area contributed by atoms with Crippen molar-refractivity contribution in [2.45, 2.75) is 11.7 Å². The number of aliphatic hydroxyl groups is 1. The first-order chi connectivity index (χ1) is 8.19. The Morgan fingerprint density at radius 3 is 2.76 bits per heavy atom. The van der Waals surface area contributed by atoms with E-state index in [0.29, 0.717) is 11.6 Å². The van der Waals surface area contributed by atoms with Crippen molar-refractivity contribution in [3.63, 3.8) is 0 Å². The van der Waals surface area contributed by atoms with Crippen LogP contribution in [0.4, 0.5) is 5.69 Å². The van der Waals surface area contributed by atoms with Crippen molar-refractivity contribution in [3.8, 4) is 0 Å². The molecule has 0 spiro atoms. The molecule has 6 heteroatoms. The van der Waals surface area contributed by atoms with E-state index < -0.39 is 0 Å². The summed E-state index contributed by atoms with van der Waals surface area (Å²) in [5, 5.41) is 11.9. The Morgan fingerprint density at radius 1 is 1.41 bits per heavy atom. The highest BCUT2D eigenvalue weighted by molar-refractivity contribution is 9.10. The quantitative estimate of drug-likeness (QED) is 0.897. The monoisotopic (exact) mass is 314 g/mol. The standard InChI is InChI=1S/C11H11BrN2O2S/c12-7-1-3-8(4-2-7)13-11-14-10(16)9(17-11)5-6-15/h1-4,9,15H,5-6H2,(H,13,14,16). The fourth-order valence-corrected chi connectivity index (χ4v) is 2.64. The molecule has 17 heavy (non-hydrogen) atoms. The van der Waals surface area contributed by atoms with Gasteiger partial charge in [0, 0.05) is 11.1 Å². The molecule has 1 fully saturated rings. The first-order valence-electron chi connectivity index (χ1n) is 5.11. The first kappa shape index (κ1) is 12.6. The van der Waals surface area contributed by atoms with E-state index in [2.05, 4.69) is 26.2 Å². The van der Waals surface area contributed by atoms with E-state index in [0.717, 1.165) is 10.2 Å². The molecule has 1 aromatic rings. The SMILES string of the molecule is O=C1NC(=Nc2ccc(Br)cc2)SC1CCO. The summed E-state index contributed by atoms with van der Waals surface area (Å²) < 4.78 is 0.989. The van der Waals surface area contributed by atoms with Crippen LogP contribution in [0.2, 0.25) is 0 Å². The number of rotatable bonds is 3. The lowest BCUT2D eigenvalue weighted by Gasteiger charge is -1.99. The van der Waals surface area contributed by atoms with Crippen molar-refractivity contribution in [2.24, 2.45) is 4.99 Å². The van der Waals surface area contributed by atoms with Crippen molar-refractivity contribution >= 4 is 44.5 Å². The minimum atomic E-state index is -0.228. The smallest absolute Gasteiger partial charge is 0.239 e. The Hall–Kier alpha value is -0.850. The number of benzene rings is 1. The summed E-state index contributed by atoms with van der Waals surface area (Å²) >= 11 is 4.71. The van der Waals surface area contributed by atoms with Crippen LogP contribution in [-0.2, 0) is 4.79 Å². The van der Waals surface area contributed by atoms with E-state index in [1.165, 1.54) is 11.8 Å². The highest BCUT2D eigenvalue weighted by Gasteiger charge is 2.29. The predicted molar refractivity (Wildman–Crippen MR) is 72.5 cm³/mol. The molecular weight excluding hydrogens is 304 g/mol. The lowest BCUT2D eigenvalue weighted by Crippen LogP contribution is -2.25. The van der Waals surface area contributed by atoms with Gasteiger partial charge in [0.1, 0.15) is 0 Å². The molecule has 1 aliphatic rings. The van der Waals surface area contributed by atoms with Gasteiger partial charge in [-0.25, -0.2) is 4.99 Å². The van der Waals surface area contributed by atoms with Gasteiger partial charge in [-0.15, -0.1) is 0 Å². The van der Waals surface area contributed by atoms with Crippen LogP contribution in [0.15, 0.2) is 33.7 Å². The van der Waals surface area contributed by atoms with Gasteiger partial charge in [-0.1, -0.05) is 27.7 Å². The molecule has 1 atom stereocenters. The van der Waals surface area contributed by atoms with Crippen molar-refractivity contribution in [2.75, 3.05) is 6.61 Å². The molecule has 2 rings (SSSR count). The second-order valence-electron chi connectivity index (χ2n) is 3.50. The highest BCUT2D eigenvalue weighted by atomic mass is 79.9. The zero-order valence-electron chi connectivity index (χ0n) is 8.89. The largest absolute Gasteiger partial charge is 0.396 e. The maximum absolute atomic E-state index is 11.5. The fourth-order valence-electron chi connectivity index (χ4n) is 1.40. The van der Waals surface area contributed by atoms with Crippen molar-refractivity contribution in [3.05, 3.63) is 28.7 Å². The van der Waals surface area contributed by atoms with Gasteiger partial charge in [0.05, 0.1) is 10.9 Å². The Morgan fingerprint density at radius 2 is 2.12 bits per heavy atom. The van der Waals surface area contributed by atoms with Crippen LogP contribution in [0, 0.1) is 0 Å². The Labute approximate surface area is 112 Å². The minimum Gasteiger partial charge on any atom is -0.396 e. The molecule has 0 aromatic heterocycles. The summed E-state index contributed by atoms with van der Waals surface area (Å²) in [7, 11) is 0. The second-order valence-corrected chi connectivity index (χ2v) is 5.61. The average molecular weight is 315 g/mol. The Balaban J connectivity index is 2.09. The molecule has 1 unspecified atom stereocenters. The molecule has 90 valence electrons. The molecule has 0 aliphatic carbocycles. The number of nitrogens with one attached hydrogen (secondary N) is 1. The molecule has 1 amide bonds. The summed E-state index contributed by atoms with van der Waals surface area (Å²) in [5.74, 6) is -0.0834. The third-order valence-electron chi connectivity index (χ3n) is 2.23. The number of nitrogens with zero attached hydrogens (tertiary/aromatic N) is 1. The molecule has 1 saturated heterocycles. The van der Waals surface area contributed by atoms with Crippen LogP contribution in [0.5, 0.6) is 0 Å². The van der Waals surface area contributed by atoms with Gasteiger partial charge in [-0.05, 0) is 30.7 Å². The van der Waals surface area contributed by atoms with Gasteiger partial charge in [0.2, 0.25) is 5.91 Å². The lowest BCUT2D eigenvalue weighted by atomic mass is 10.3. The van der Waals surface area contributed by atoms with Crippen LogP contribution >= 0.6 is 27.7 Å². The zero-order chi connectivity index (χ0) is 12.3. The molecule has 1 aliphatic heterocycles. The third kappa shape index (κ3) is 3.31. The van der Waals surface area contributed by atoms with Crippen LogP contribution in [-0.4, -0.2) is 28.0 Å². The number of halogens is 1. The normalized spacial score (nSPS) is 21.9. The Kier molecular flexibility index (Phi) is 4.20. The number of carbonyl (C=O) groups is 1. The molecule has 2 N–H and O–H groups in total. The first-order valence-corrected chi connectivity index (χ1v) is 6.79. The van der Waals surface area contributed by atoms with Gasteiger partial charge in [-0.3, -0.25) is 4.79 Å². The molecule has 4 nitrogen and oxygen atoms in total. The summed E-state index contributed by atoms with van der Waals surface area (Å²) in [6, 6.07) is 7.52. The van der Waals surface area contributed by atoms with Crippen LogP contribution < -0.4 is 5.32 Å². The highest BCUT2D eigenvalue weighted by Crippen LogP contribution is 2.25. The minimum absolute atomic E-state index is 0.0106. The lowest BCUT2D eigenvalue weighted by molar-refractivity contribution is -0.119. The van der Waals surface area contributed by atoms with Crippen LogP contribution in [0.1, 0.15) is 6.42 Å². The van der Waals surface area contributed by atoms with Gasteiger partial charge >= 0.3 is 0 Å². The molecule has 0 radical (unpaired) electrons. The molecule has 0 bridgehead atoms. The number of amides is 1. The van der Waals surface area contributed by atoms with Crippen molar-refractivity contribution < 1.29 is 9.90 Å². The summed E-state index contributed by atoms with van der Waals surface area (Å²) in [6.07, 6.45) is 0.454. The average Bonchev–Trinajstić information content (AvgIpc) is 2.63. The van der Waals surface area contributed by atoms with E-state index in [1.807, 2.05) is 24.3 Å². The van der Waals surface area contributed by atoms with Crippen LogP contribution in [0.3, 0.4) is 0 Å². The number of hydrogen-bond donors (Lipinski definition) is 2. The predicted octanol–water partition coefficient (Wildman–Crippen LogP) is 2.05. The maximum atomic E-state index is 11.5. The van der Waals surface area contributed by atoms with Crippen LogP contribution in [0.25, 0.3) is 0 Å². The van der Waals surface area contributed by atoms with Gasteiger partial charge in [0.15, 0.2) is 5.17 Å². The molecule has 1 heterocycles. The van der Waals surface area contributed by atoms with E-state index in [1.54, 1.807) is 0 Å². The topological polar surface area (TPSA) is 61.7 Å². The third-order valence-corrected chi connectivity index (χ3v) is 3.90. The summed E-state index contributed by atoms with van der Waals surface area (Å²) in [5.41, 5.74) is 0.792. The number of carbonyl (C=O) groups excluding carboxylic acids is 1. The Bertz CT molecular complexity index is 447. The summed E-state index contributed by atoms with van der Waals surface area (Å²) in [4.78, 5) is 15.8. The van der Waals surface area contributed by atoms with E-state index in [9.17, 15) is 4.79 Å². The van der Waals surface area contributed by atoms with E-state index >= 15 is 0 Å². The number of thioether (sulfide) groups is 1. The maximum Gasteiger partial charge on any atom is 0.239 e. The second kappa shape index (κ2) is 5.66. The molecular formula is C11H11BrN2O2S. The van der Waals surface area contributed by atoms with Gasteiger partial charge in [0.25, 0.3) is 0 Å².